The van der Waals surface area contributed by atoms with Gasteiger partial charge in [0.1, 0.15) is 5.82 Å². The number of aliphatic hydroxyl groups is 1. The Morgan fingerprint density at radius 3 is 2.86 bits per heavy atom. The number of nitrogens with zero attached hydrogens (tertiary/aromatic N) is 3. The van der Waals surface area contributed by atoms with Crippen molar-refractivity contribution in [3.05, 3.63) is 11.3 Å². The fourth-order valence-corrected chi connectivity index (χ4v) is 3.00. The summed E-state index contributed by atoms with van der Waals surface area (Å²) in [5.41, 5.74) is 2.31. The molecule has 0 spiro atoms. The average Bonchev–Trinajstić information content (AvgIpc) is 2.73. The minimum atomic E-state index is -0.125. The van der Waals surface area contributed by atoms with Crippen molar-refractivity contribution in [3.8, 4) is 0 Å². The van der Waals surface area contributed by atoms with Gasteiger partial charge in [0, 0.05) is 32.2 Å². The quantitative estimate of drug-likeness (QED) is 0.761. The van der Waals surface area contributed by atoms with Crippen molar-refractivity contribution in [3.63, 3.8) is 0 Å². The van der Waals surface area contributed by atoms with Crippen LogP contribution >= 0.6 is 0 Å². The molecule has 2 rings (SSSR count). The summed E-state index contributed by atoms with van der Waals surface area (Å²) in [6.07, 6.45) is 1.11. The van der Waals surface area contributed by atoms with E-state index < -0.39 is 0 Å². The van der Waals surface area contributed by atoms with Crippen LogP contribution in [0.15, 0.2) is 0 Å². The fraction of sp³-hybridized carbons (Fsp3) is 0.800. The van der Waals surface area contributed by atoms with Gasteiger partial charge in [0.15, 0.2) is 0 Å². The second-order valence-electron chi connectivity index (χ2n) is 5.84. The van der Waals surface area contributed by atoms with Gasteiger partial charge in [-0.3, -0.25) is 4.68 Å². The van der Waals surface area contributed by atoms with Crippen LogP contribution in [0, 0.1) is 6.92 Å². The third-order valence-electron chi connectivity index (χ3n) is 3.87. The first-order chi connectivity index (χ1) is 10.1. The Labute approximate surface area is 127 Å². The summed E-state index contributed by atoms with van der Waals surface area (Å²) in [4.78, 5) is 2.29. The van der Waals surface area contributed by atoms with Gasteiger partial charge in [-0.2, -0.15) is 5.10 Å². The first-order valence-corrected chi connectivity index (χ1v) is 7.81. The molecule has 0 aromatic carbocycles. The van der Waals surface area contributed by atoms with Crippen molar-refractivity contribution < 1.29 is 9.84 Å². The normalized spacial score (nSPS) is 22.8. The molecule has 0 aliphatic carbocycles. The summed E-state index contributed by atoms with van der Waals surface area (Å²) in [7, 11) is 1.99. The number of hydrogen-bond acceptors (Lipinski definition) is 5. The highest BCUT2D eigenvalue weighted by Gasteiger charge is 2.28. The van der Waals surface area contributed by atoms with Crippen molar-refractivity contribution in [2.24, 2.45) is 7.05 Å². The Hall–Kier alpha value is -1.11. The molecule has 0 amide bonds. The summed E-state index contributed by atoms with van der Waals surface area (Å²) < 4.78 is 7.68. The molecular formula is C15H28N4O2. The third kappa shape index (κ3) is 3.75. The van der Waals surface area contributed by atoms with E-state index in [0.717, 1.165) is 37.6 Å². The molecule has 1 aliphatic heterocycles. The molecule has 0 saturated carbocycles. The van der Waals surface area contributed by atoms with Crippen molar-refractivity contribution >= 4 is 5.82 Å². The number of aryl methyl sites for hydroxylation is 2. The fourth-order valence-electron chi connectivity index (χ4n) is 3.00. The molecule has 1 aromatic rings. The molecule has 120 valence electrons. The van der Waals surface area contributed by atoms with E-state index in [1.54, 1.807) is 0 Å². The lowest BCUT2D eigenvalue weighted by atomic mass is 10.1. The first-order valence-electron chi connectivity index (χ1n) is 7.81. The second kappa shape index (κ2) is 7.24. The van der Waals surface area contributed by atoms with Crippen molar-refractivity contribution in [2.45, 2.75) is 45.9 Å². The zero-order chi connectivity index (χ0) is 15.4. The summed E-state index contributed by atoms with van der Waals surface area (Å²) >= 11 is 0. The minimum absolute atomic E-state index is 0.0566. The number of nitrogens with one attached hydrogen (secondary N) is 1. The maximum atomic E-state index is 9.40. The predicted molar refractivity (Wildman–Crippen MR) is 83.6 cm³/mol. The molecule has 6 nitrogen and oxygen atoms in total. The topological polar surface area (TPSA) is 62.6 Å². The molecular weight excluding hydrogens is 268 g/mol. The standard InChI is InChI=1S/C15H28N4O2/c1-5-6-16-7-14-12(3)17-18(4)15(14)19-8-11(2)21-13(9-19)10-20/h11,13,16,20H,5-10H2,1-4H3. The second-order valence-corrected chi connectivity index (χ2v) is 5.84. The first kappa shape index (κ1) is 16.3. The average molecular weight is 296 g/mol. The maximum Gasteiger partial charge on any atom is 0.131 e. The largest absolute Gasteiger partial charge is 0.394 e. The number of anilines is 1. The van der Waals surface area contributed by atoms with Crippen LogP contribution in [0.2, 0.25) is 0 Å². The van der Waals surface area contributed by atoms with E-state index in [9.17, 15) is 5.11 Å². The van der Waals surface area contributed by atoms with Gasteiger partial charge in [-0.25, -0.2) is 0 Å². The monoisotopic (exact) mass is 296 g/mol. The van der Waals surface area contributed by atoms with E-state index in [2.05, 4.69) is 29.2 Å². The van der Waals surface area contributed by atoms with E-state index in [1.807, 2.05) is 18.7 Å². The van der Waals surface area contributed by atoms with Crippen LogP contribution in [0.4, 0.5) is 5.82 Å². The van der Waals surface area contributed by atoms with Gasteiger partial charge < -0.3 is 20.1 Å². The number of aliphatic hydroxyl groups excluding tert-OH is 1. The Balaban J connectivity index is 2.21. The van der Waals surface area contributed by atoms with E-state index in [4.69, 9.17) is 4.74 Å². The van der Waals surface area contributed by atoms with Gasteiger partial charge in [-0.15, -0.1) is 0 Å². The van der Waals surface area contributed by atoms with Crippen molar-refractivity contribution in [1.82, 2.24) is 15.1 Å². The van der Waals surface area contributed by atoms with Crippen LogP contribution in [0.5, 0.6) is 0 Å². The molecule has 1 aliphatic rings. The molecule has 2 heterocycles. The Morgan fingerprint density at radius 1 is 1.43 bits per heavy atom. The molecule has 2 unspecified atom stereocenters. The van der Waals surface area contributed by atoms with Gasteiger partial charge >= 0.3 is 0 Å². The molecule has 6 heteroatoms. The lowest BCUT2D eigenvalue weighted by molar-refractivity contribution is -0.0424. The maximum absolute atomic E-state index is 9.40. The summed E-state index contributed by atoms with van der Waals surface area (Å²) in [5.74, 6) is 1.14. The highest BCUT2D eigenvalue weighted by molar-refractivity contribution is 5.50. The molecule has 1 saturated heterocycles. The molecule has 2 atom stereocenters. The van der Waals surface area contributed by atoms with Crippen molar-refractivity contribution in [2.75, 3.05) is 31.1 Å². The van der Waals surface area contributed by atoms with Gasteiger partial charge in [-0.05, 0) is 26.8 Å². The Morgan fingerprint density at radius 2 is 2.19 bits per heavy atom. The molecule has 0 radical (unpaired) electrons. The highest BCUT2D eigenvalue weighted by Crippen LogP contribution is 2.26. The smallest absolute Gasteiger partial charge is 0.131 e. The molecule has 2 N–H and O–H groups in total. The highest BCUT2D eigenvalue weighted by atomic mass is 16.5. The number of rotatable bonds is 6. The molecule has 0 bridgehead atoms. The van der Waals surface area contributed by atoms with E-state index >= 15 is 0 Å². The van der Waals surface area contributed by atoms with Gasteiger partial charge in [0.05, 0.1) is 24.5 Å². The number of ether oxygens (including phenoxy) is 1. The summed E-state index contributed by atoms with van der Waals surface area (Å²) in [6, 6.07) is 0. The van der Waals surface area contributed by atoms with E-state index in [0.29, 0.717) is 6.54 Å². The van der Waals surface area contributed by atoms with Crippen LogP contribution in [0.3, 0.4) is 0 Å². The minimum Gasteiger partial charge on any atom is -0.394 e. The van der Waals surface area contributed by atoms with Crippen LogP contribution in [-0.4, -0.2) is 53.3 Å². The van der Waals surface area contributed by atoms with Crippen LogP contribution in [0.25, 0.3) is 0 Å². The summed E-state index contributed by atoms with van der Waals surface area (Å²) in [6.45, 7) is 9.70. The zero-order valence-corrected chi connectivity index (χ0v) is 13.6. The number of aromatic nitrogens is 2. The molecule has 21 heavy (non-hydrogen) atoms. The van der Waals surface area contributed by atoms with Crippen LogP contribution in [-0.2, 0) is 18.3 Å². The van der Waals surface area contributed by atoms with Crippen molar-refractivity contribution in [1.29, 1.82) is 0 Å². The zero-order valence-electron chi connectivity index (χ0n) is 13.6. The SMILES string of the molecule is CCCNCc1c(C)nn(C)c1N1CC(C)OC(CO)C1. The van der Waals surface area contributed by atoms with Crippen LogP contribution in [0.1, 0.15) is 31.5 Å². The number of hydrogen-bond donors (Lipinski definition) is 2. The predicted octanol–water partition coefficient (Wildman–Crippen LogP) is 0.814. The van der Waals surface area contributed by atoms with E-state index in [1.165, 1.54) is 5.56 Å². The number of morpholine rings is 1. The lowest BCUT2D eigenvalue weighted by Gasteiger charge is -2.37. The Bertz CT molecular complexity index is 461. The van der Waals surface area contributed by atoms with Crippen LogP contribution < -0.4 is 10.2 Å². The Kier molecular flexibility index (Phi) is 5.61. The molecule has 1 fully saturated rings. The van der Waals surface area contributed by atoms with Gasteiger partial charge in [-0.1, -0.05) is 6.92 Å². The van der Waals surface area contributed by atoms with E-state index in [-0.39, 0.29) is 18.8 Å². The summed E-state index contributed by atoms with van der Waals surface area (Å²) in [5, 5.41) is 17.4. The molecule has 1 aromatic heterocycles. The third-order valence-corrected chi connectivity index (χ3v) is 3.87. The lowest BCUT2D eigenvalue weighted by Crippen LogP contribution is -2.49. The van der Waals surface area contributed by atoms with Gasteiger partial charge in [0.25, 0.3) is 0 Å². The van der Waals surface area contributed by atoms with Gasteiger partial charge in [0.2, 0.25) is 0 Å².